The van der Waals surface area contributed by atoms with E-state index in [0.717, 1.165) is 0 Å². The van der Waals surface area contributed by atoms with Crippen molar-refractivity contribution in [3.8, 4) is 0 Å². The Morgan fingerprint density at radius 1 is 0.923 bits per heavy atom. The molecule has 0 bridgehead atoms. The Morgan fingerprint density at radius 3 is 1.15 bits per heavy atom. The van der Waals surface area contributed by atoms with Gasteiger partial charge in [0, 0.05) is 54.9 Å². The Labute approximate surface area is 123 Å². The van der Waals surface area contributed by atoms with Crippen LogP contribution in [0.15, 0.2) is 12.7 Å². The first-order valence-electron chi connectivity index (χ1n) is 1.51. The van der Waals surface area contributed by atoms with Gasteiger partial charge in [-0.1, -0.05) is 50.6 Å². The molecule has 0 aliphatic carbocycles. The standard InChI is InChI=1S/C4H8O.6CH4.2Sn/c1-3-4-5-2;;;;;;;;/h3H,1,4H2,2H3;6*1H4;;. The van der Waals surface area contributed by atoms with Crippen LogP contribution in [0.4, 0.5) is 0 Å². The molecule has 0 heterocycles. The molecule has 8 radical (unpaired) electrons. The Morgan fingerprint density at radius 2 is 1.15 bits per heavy atom. The minimum Gasteiger partial charge on any atom is -0.381 e. The molecule has 0 rings (SSSR count). The Balaban J connectivity index is -0.00000000286. The van der Waals surface area contributed by atoms with E-state index >= 15 is 0 Å². The predicted octanol–water partition coefficient (Wildman–Crippen LogP) is 3.87. The fraction of sp³-hybridized carbons (Fsp3) is 0.800. The van der Waals surface area contributed by atoms with Gasteiger partial charge < -0.3 is 4.74 Å². The third-order valence-electron chi connectivity index (χ3n) is 0.285. The van der Waals surface area contributed by atoms with E-state index in [1.807, 2.05) is 0 Å². The molecule has 0 saturated carbocycles. The smallest absolute Gasteiger partial charge is 0.0641 e. The van der Waals surface area contributed by atoms with Crippen LogP contribution < -0.4 is 0 Å². The van der Waals surface area contributed by atoms with E-state index < -0.39 is 0 Å². The molecule has 0 aromatic heterocycles. The van der Waals surface area contributed by atoms with Gasteiger partial charge in [0.1, 0.15) is 0 Å². The first-order chi connectivity index (χ1) is 2.41. The van der Waals surface area contributed by atoms with E-state index in [4.69, 9.17) is 0 Å². The van der Waals surface area contributed by atoms with Crippen LogP contribution in [-0.2, 0) is 4.74 Å². The van der Waals surface area contributed by atoms with Gasteiger partial charge in [-0.05, 0) is 0 Å². The number of hydrogen-bond donors (Lipinski definition) is 0. The van der Waals surface area contributed by atoms with Crippen molar-refractivity contribution in [1.29, 1.82) is 0 Å². The molecule has 0 atom stereocenters. The summed E-state index contributed by atoms with van der Waals surface area (Å²) in [6.45, 7) is 4.08. The first-order valence-corrected chi connectivity index (χ1v) is 1.51. The van der Waals surface area contributed by atoms with Crippen LogP contribution in [0.2, 0.25) is 0 Å². The second-order valence-corrected chi connectivity index (χ2v) is 0.744. The summed E-state index contributed by atoms with van der Waals surface area (Å²) in [7, 11) is 1.64. The second kappa shape index (κ2) is 109. The third kappa shape index (κ3) is 156. The van der Waals surface area contributed by atoms with Gasteiger partial charge in [0.25, 0.3) is 0 Å². The summed E-state index contributed by atoms with van der Waals surface area (Å²) in [4.78, 5) is 0. The summed E-state index contributed by atoms with van der Waals surface area (Å²) < 4.78 is 4.57. The number of methoxy groups -OCH3 is 1. The van der Waals surface area contributed by atoms with Crippen LogP contribution in [0.1, 0.15) is 44.6 Å². The SMILES string of the molecule is C.C.C.C.C.C.C=CCOC.[Sn].[Sn]. The summed E-state index contributed by atoms with van der Waals surface area (Å²) in [6.07, 6.45) is 1.71. The molecule has 0 amide bonds. The van der Waals surface area contributed by atoms with E-state index in [1.165, 1.54) is 0 Å². The maximum atomic E-state index is 4.57. The van der Waals surface area contributed by atoms with E-state index in [1.54, 1.807) is 13.2 Å². The van der Waals surface area contributed by atoms with Crippen molar-refractivity contribution >= 4 is 47.8 Å². The van der Waals surface area contributed by atoms with Gasteiger partial charge in [-0.25, -0.2) is 0 Å². The van der Waals surface area contributed by atoms with E-state index in [0.29, 0.717) is 6.61 Å². The van der Waals surface area contributed by atoms with Gasteiger partial charge in [-0.15, -0.1) is 6.58 Å². The maximum absolute atomic E-state index is 4.57. The van der Waals surface area contributed by atoms with Crippen molar-refractivity contribution in [2.24, 2.45) is 0 Å². The summed E-state index contributed by atoms with van der Waals surface area (Å²) >= 11 is 0. The zero-order valence-electron chi connectivity index (χ0n) is 4.40. The second-order valence-electron chi connectivity index (χ2n) is 0.744. The van der Waals surface area contributed by atoms with E-state index in [-0.39, 0.29) is 92.4 Å². The molecule has 0 unspecified atom stereocenters. The molecular formula is C10H32OSn2. The van der Waals surface area contributed by atoms with E-state index in [9.17, 15) is 0 Å². The molecule has 1 nitrogen and oxygen atoms in total. The molecular weight excluding hydrogens is 374 g/mol. The van der Waals surface area contributed by atoms with Crippen molar-refractivity contribution in [2.75, 3.05) is 13.7 Å². The molecule has 0 aromatic carbocycles. The quantitative estimate of drug-likeness (QED) is 0.500. The van der Waals surface area contributed by atoms with Crippen LogP contribution >= 0.6 is 0 Å². The Hall–Kier alpha value is 1.30. The fourth-order valence-electron chi connectivity index (χ4n) is 0.118. The molecule has 3 heteroatoms. The molecule has 86 valence electrons. The normalized spacial score (nSPS) is 2.85. The molecule has 13 heavy (non-hydrogen) atoms. The molecule has 0 fully saturated rings. The minimum absolute atomic E-state index is 0. The van der Waals surface area contributed by atoms with Gasteiger partial charge in [0.2, 0.25) is 0 Å². The number of hydrogen-bond acceptors (Lipinski definition) is 1. The molecule has 0 spiro atoms. The summed E-state index contributed by atoms with van der Waals surface area (Å²) in [6, 6.07) is 0. The topological polar surface area (TPSA) is 9.23 Å². The number of ether oxygens (including phenoxy) is 1. The van der Waals surface area contributed by atoms with Crippen molar-refractivity contribution in [2.45, 2.75) is 44.6 Å². The largest absolute Gasteiger partial charge is 0.381 e. The average molecular weight is 406 g/mol. The van der Waals surface area contributed by atoms with Gasteiger partial charge in [0.15, 0.2) is 0 Å². The van der Waals surface area contributed by atoms with Crippen LogP contribution in [0, 0.1) is 0 Å². The van der Waals surface area contributed by atoms with Crippen LogP contribution in [0.25, 0.3) is 0 Å². The zero-order chi connectivity index (χ0) is 4.12. The number of rotatable bonds is 2. The van der Waals surface area contributed by atoms with Crippen LogP contribution in [-0.4, -0.2) is 61.5 Å². The monoisotopic (exact) mass is 408 g/mol. The fourth-order valence-corrected chi connectivity index (χ4v) is 0.118. The predicted molar refractivity (Wildman–Crippen MR) is 74.0 cm³/mol. The van der Waals surface area contributed by atoms with Gasteiger partial charge in [-0.2, -0.15) is 0 Å². The van der Waals surface area contributed by atoms with Crippen molar-refractivity contribution in [1.82, 2.24) is 0 Å². The minimum atomic E-state index is 0. The first kappa shape index (κ1) is 90.1. The van der Waals surface area contributed by atoms with Crippen molar-refractivity contribution in [3.05, 3.63) is 12.7 Å². The summed E-state index contributed by atoms with van der Waals surface area (Å²) in [5, 5.41) is 0. The van der Waals surface area contributed by atoms with Crippen molar-refractivity contribution < 1.29 is 4.74 Å². The van der Waals surface area contributed by atoms with Gasteiger partial charge in [0.05, 0.1) is 6.61 Å². The maximum Gasteiger partial charge on any atom is 0.0641 e. The molecule has 0 aliphatic rings. The Bertz CT molecular complexity index is 34.1. The van der Waals surface area contributed by atoms with Crippen molar-refractivity contribution in [3.63, 3.8) is 0 Å². The van der Waals surface area contributed by atoms with Crippen LogP contribution in [0.3, 0.4) is 0 Å². The van der Waals surface area contributed by atoms with Gasteiger partial charge in [-0.3, -0.25) is 0 Å². The average Bonchev–Trinajstić information content (AvgIpc) is 1.41. The molecule has 0 aliphatic heterocycles. The van der Waals surface area contributed by atoms with E-state index in [2.05, 4.69) is 11.3 Å². The molecule has 0 aromatic rings. The van der Waals surface area contributed by atoms with Gasteiger partial charge >= 0.3 is 0 Å². The summed E-state index contributed by atoms with van der Waals surface area (Å²) in [5.74, 6) is 0. The summed E-state index contributed by atoms with van der Waals surface area (Å²) in [5.41, 5.74) is 0. The Kier molecular flexibility index (Phi) is 755. The molecule has 0 N–H and O–H groups in total. The van der Waals surface area contributed by atoms with Crippen LogP contribution in [0.5, 0.6) is 0 Å². The third-order valence-corrected chi connectivity index (χ3v) is 0.285. The zero-order valence-corrected chi connectivity index (χ0v) is 10.1. The molecule has 0 saturated heterocycles.